The Balaban J connectivity index is 2.56. The Kier molecular flexibility index (Phi) is 2.90. The maximum Gasteiger partial charge on any atom is 0.321 e. The van der Waals surface area contributed by atoms with Crippen molar-refractivity contribution in [2.45, 2.75) is 0 Å². The van der Waals surface area contributed by atoms with Crippen LogP contribution in [0, 0.1) is 17.5 Å². The third-order valence-corrected chi connectivity index (χ3v) is 3.01. The van der Waals surface area contributed by atoms with Crippen LogP contribution in [-0.2, 0) is 0 Å². The third kappa shape index (κ3) is 2.03. The Hall–Kier alpha value is -2.83. The minimum Gasteiger partial charge on any atom is -0.316 e. The highest BCUT2D eigenvalue weighted by atomic mass is 19.1. The monoisotopic (exact) mass is 292 g/mol. The van der Waals surface area contributed by atoms with Gasteiger partial charge in [-0.2, -0.15) is 0 Å². The van der Waals surface area contributed by atoms with Gasteiger partial charge in [-0.1, -0.05) is 6.07 Å². The molecule has 0 radical (unpaired) electrons. The van der Waals surface area contributed by atoms with E-state index in [0.717, 1.165) is 36.4 Å². The summed E-state index contributed by atoms with van der Waals surface area (Å²) >= 11 is 0. The fourth-order valence-corrected chi connectivity index (χ4v) is 2.11. The molecule has 0 fully saturated rings. The lowest BCUT2D eigenvalue weighted by Crippen LogP contribution is -2.36. The molecule has 21 heavy (non-hydrogen) atoms. The van der Waals surface area contributed by atoms with Crippen LogP contribution in [0.2, 0.25) is 0 Å². The number of nitrogens with one attached hydrogen (secondary N) is 1. The Morgan fingerprint density at radius 1 is 0.952 bits per heavy atom. The molecule has 0 saturated heterocycles. The quantitative estimate of drug-likeness (QED) is 0.698. The number of rotatable bonds is 1. The van der Waals surface area contributed by atoms with Gasteiger partial charge in [0.2, 0.25) is 0 Å². The molecule has 4 nitrogen and oxygen atoms in total. The maximum atomic E-state index is 13.9. The molecule has 0 unspecified atom stereocenters. The fraction of sp³-hybridized carbons (Fsp3) is 0. The van der Waals surface area contributed by atoms with Crippen LogP contribution >= 0.6 is 0 Å². The smallest absolute Gasteiger partial charge is 0.316 e. The summed E-state index contributed by atoms with van der Waals surface area (Å²) in [6, 6.07) is 6.20. The number of nitrogens with zero attached hydrogens (tertiary/aromatic N) is 1. The van der Waals surface area contributed by atoms with E-state index in [0.29, 0.717) is 4.57 Å². The van der Waals surface area contributed by atoms with Crippen LogP contribution in [0.4, 0.5) is 13.2 Å². The first-order valence-electron chi connectivity index (χ1n) is 5.88. The summed E-state index contributed by atoms with van der Waals surface area (Å²) in [4.78, 5) is 25.7. The Morgan fingerprint density at radius 3 is 2.29 bits per heavy atom. The van der Waals surface area contributed by atoms with Gasteiger partial charge in [0.05, 0.1) is 11.0 Å². The van der Waals surface area contributed by atoms with Gasteiger partial charge in [0.25, 0.3) is 0 Å². The van der Waals surface area contributed by atoms with Gasteiger partial charge in [-0.3, -0.25) is 14.2 Å². The van der Waals surface area contributed by atoms with Gasteiger partial charge in [-0.15, -0.1) is 0 Å². The number of para-hydroxylation sites is 1. The summed E-state index contributed by atoms with van der Waals surface area (Å²) in [5.41, 5.74) is -2.98. The predicted molar refractivity (Wildman–Crippen MR) is 70.0 cm³/mol. The average Bonchev–Trinajstić information content (AvgIpc) is 2.42. The van der Waals surface area contributed by atoms with Gasteiger partial charge in [0.1, 0.15) is 23.1 Å². The number of hydrogen-bond donors (Lipinski definition) is 1. The highest BCUT2D eigenvalue weighted by Gasteiger charge is 2.17. The zero-order valence-corrected chi connectivity index (χ0v) is 10.4. The van der Waals surface area contributed by atoms with Gasteiger partial charge in [0.15, 0.2) is 0 Å². The van der Waals surface area contributed by atoms with Crippen LogP contribution in [0.15, 0.2) is 46.0 Å². The highest BCUT2D eigenvalue weighted by Crippen LogP contribution is 2.20. The topological polar surface area (TPSA) is 54.9 Å². The molecule has 3 aromatic rings. The van der Waals surface area contributed by atoms with Crippen molar-refractivity contribution in [3.05, 3.63) is 74.6 Å². The molecule has 0 aliphatic rings. The van der Waals surface area contributed by atoms with E-state index < -0.39 is 34.3 Å². The van der Waals surface area contributed by atoms with Crippen molar-refractivity contribution in [3.63, 3.8) is 0 Å². The molecule has 106 valence electrons. The lowest BCUT2D eigenvalue weighted by molar-refractivity contribution is 0.568. The molecular formula is C14H7F3N2O2. The van der Waals surface area contributed by atoms with E-state index in [1.54, 1.807) is 0 Å². The number of hydrogen-bond acceptors (Lipinski definition) is 2. The normalized spacial score (nSPS) is 11.0. The fourth-order valence-electron chi connectivity index (χ4n) is 2.11. The van der Waals surface area contributed by atoms with Gasteiger partial charge in [0, 0.05) is 0 Å². The molecule has 0 spiro atoms. The second kappa shape index (κ2) is 4.62. The summed E-state index contributed by atoms with van der Waals surface area (Å²) in [6.45, 7) is 0. The molecule has 3 rings (SSSR count). The van der Waals surface area contributed by atoms with Crippen molar-refractivity contribution in [3.8, 4) is 5.69 Å². The van der Waals surface area contributed by atoms with Crippen molar-refractivity contribution in [2.24, 2.45) is 0 Å². The molecule has 0 amide bonds. The summed E-state index contributed by atoms with van der Waals surface area (Å²) in [6.07, 6.45) is 0. The maximum absolute atomic E-state index is 13.9. The van der Waals surface area contributed by atoms with Gasteiger partial charge >= 0.3 is 11.1 Å². The molecule has 0 aliphatic heterocycles. The summed E-state index contributed by atoms with van der Waals surface area (Å²) < 4.78 is 41.5. The minimum absolute atomic E-state index is 0.00926. The summed E-state index contributed by atoms with van der Waals surface area (Å²) in [5, 5.41) is 0. The number of aromatic nitrogens is 2. The molecule has 0 aliphatic carbocycles. The minimum atomic E-state index is -1.15. The molecule has 2 aromatic carbocycles. The largest absolute Gasteiger partial charge is 0.321 e. The predicted octanol–water partition coefficient (Wildman–Crippen LogP) is 2.10. The van der Waals surface area contributed by atoms with Gasteiger partial charge in [-0.05, 0) is 30.3 Å². The van der Waals surface area contributed by atoms with E-state index in [9.17, 15) is 22.8 Å². The lowest BCUT2D eigenvalue weighted by atomic mass is 10.2. The number of benzene rings is 2. The van der Waals surface area contributed by atoms with Crippen LogP contribution in [0.25, 0.3) is 16.7 Å². The van der Waals surface area contributed by atoms with Crippen LogP contribution in [0.3, 0.4) is 0 Å². The van der Waals surface area contributed by atoms with Gasteiger partial charge in [-0.25, -0.2) is 13.2 Å². The number of H-pyrrole nitrogens is 1. The molecule has 0 bridgehead atoms. The second-order valence-corrected chi connectivity index (χ2v) is 4.33. The van der Waals surface area contributed by atoms with Crippen molar-refractivity contribution in [1.29, 1.82) is 0 Å². The molecule has 1 N–H and O–H groups in total. The summed E-state index contributed by atoms with van der Waals surface area (Å²) in [5.74, 6) is -2.67. The average molecular weight is 292 g/mol. The standard InChI is InChI=1S/C14H7F3N2O2/c15-7-4-5-11-10(6-7)18-13(20)14(21)19(11)12-8(16)2-1-3-9(12)17/h1-6H,(H,18,20). The van der Waals surface area contributed by atoms with E-state index in [2.05, 4.69) is 4.98 Å². The molecular weight excluding hydrogens is 285 g/mol. The van der Waals surface area contributed by atoms with E-state index in [-0.39, 0.29) is 11.0 Å². The lowest BCUT2D eigenvalue weighted by Gasteiger charge is -2.11. The van der Waals surface area contributed by atoms with E-state index in [1.165, 1.54) is 0 Å². The molecule has 0 atom stereocenters. The van der Waals surface area contributed by atoms with Crippen molar-refractivity contribution >= 4 is 11.0 Å². The molecule has 1 heterocycles. The van der Waals surface area contributed by atoms with Crippen LogP contribution in [0.1, 0.15) is 0 Å². The number of halogens is 3. The Morgan fingerprint density at radius 2 is 1.62 bits per heavy atom. The first-order valence-corrected chi connectivity index (χ1v) is 5.88. The van der Waals surface area contributed by atoms with Crippen molar-refractivity contribution in [2.75, 3.05) is 0 Å². The van der Waals surface area contributed by atoms with Crippen LogP contribution in [0.5, 0.6) is 0 Å². The Bertz CT molecular complexity index is 956. The molecule has 0 saturated carbocycles. The van der Waals surface area contributed by atoms with Gasteiger partial charge < -0.3 is 4.98 Å². The second-order valence-electron chi connectivity index (χ2n) is 4.33. The Labute approximate surface area is 115 Å². The summed E-state index contributed by atoms with van der Waals surface area (Å²) in [7, 11) is 0. The van der Waals surface area contributed by atoms with Crippen molar-refractivity contribution < 1.29 is 13.2 Å². The first kappa shape index (κ1) is 13.2. The molecule has 7 heteroatoms. The number of fused-ring (bicyclic) bond motifs is 1. The van der Waals surface area contributed by atoms with Crippen LogP contribution < -0.4 is 11.1 Å². The van der Waals surface area contributed by atoms with E-state index in [4.69, 9.17) is 0 Å². The zero-order valence-electron chi connectivity index (χ0n) is 10.4. The highest BCUT2D eigenvalue weighted by molar-refractivity contribution is 5.76. The third-order valence-electron chi connectivity index (χ3n) is 3.01. The first-order chi connectivity index (χ1) is 9.99. The molecule has 1 aromatic heterocycles. The van der Waals surface area contributed by atoms with E-state index >= 15 is 0 Å². The van der Waals surface area contributed by atoms with E-state index in [1.807, 2.05) is 0 Å². The van der Waals surface area contributed by atoms with Crippen molar-refractivity contribution in [1.82, 2.24) is 9.55 Å². The number of aromatic amines is 1. The zero-order chi connectivity index (χ0) is 15.1. The van der Waals surface area contributed by atoms with Crippen LogP contribution in [-0.4, -0.2) is 9.55 Å². The SMILES string of the molecule is O=c1[nH]c2cc(F)ccc2n(-c2c(F)cccc2F)c1=O.